The van der Waals surface area contributed by atoms with Crippen molar-refractivity contribution in [2.45, 2.75) is 45.7 Å². The van der Waals surface area contributed by atoms with Gasteiger partial charge >= 0.3 is 0 Å². The summed E-state index contributed by atoms with van der Waals surface area (Å²) in [5, 5.41) is 10.1. The molecule has 214 valence electrons. The third-order valence-electron chi connectivity index (χ3n) is 6.89. The lowest BCUT2D eigenvalue weighted by Gasteiger charge is -2.37. The van der Waals surface area contributed by atoms with E-state index in [4.69, 9.17) is 0 Å². The van der Waals surface area contributed by atoms with E-state index in [2.05, 4.69) is 28.1 Å². The van der Waals surface area contributed by atoms with Gasteiger partial charge in [-0.05, 0) is 43.5 Å². The standard InChI is InChI=1S/C29H36F2N6O3/c1-8-23(40)35-11-13-36(14-12-35)28(32-7)21-15-22(31)26(24(19(5)30)20(6)39)34-29(21)37(16-38)27-18(4)9-10-33-25(27)17(2)3/h8-10,15-17,19,24,39H,1,6,11-14H2,2-5,7H3. The van der Waals surface area contributed by atoms with Crippen LogP contribution in [-0.2, 0) is 9.59 Å². The van der Waals surface area contributed by atoms with Gasteiger partial charge in [0.15, 0.2) is 5.82 Å². The molecule has 2 aromatic rings. The van der Waals surface area contributed by atoms with Gasteiger partial charge in [-0.15, -0.1) is 0 Å². The van der Waals surface area contributed by atoms with E-state index in [-0.39, 0.29) is 23.2 Å². The first-order chi connectivity index (χ1) is 19.0. The van der Waals surface area contributed by atoms with Crippen molar-refractivity contribution in [3.63, 3.8) is 0 Å². The molecule has 9 nitrogen and oxygen atoms in total. The fraction of sp³-hybridized carbons (Fsp3) is 0.414. The minimum Gasteiger partial charge on any atom is -0.512 e. The smallest absolute Gasteiger partial charge is 0.246 e. The predicted molar refractivity (Wildman–Crippen MR) is 151 cm³/mol. The number of rotatable bonds is 9. The minimum absolute atomic E-state index is 0.00139. The van der Waals surface area contributed by atoms with Crippen molar-refractivity contribution in [1.29, 1.82) is 0 Å². The minimum atomic E-state index is -1.72. The second-order valence-corrected chi connectivity index (χ2v) is 9.93. The van der Waals surface area contributed by atoms with Crippen LogP contribution in [0.15, 0.2) is 48.3 Å². The van der Waals surface area contributed by atoms with E-state index in [0.29, 0.717) is 49.8 Å². The Morgan fingerprint density at radius 1 is 1.20 bits per heavy atom. The molecule has 1 aliphatic heterocycles. The number of aryl methyl sites for hydroxylation is 1. The average molecular weight is 555 g/mol. The fourth-order valence-corrected chi connectivity index (χ4v) is 4.92. The van der Waals surface area contributed by atoms with Gasteiger partial charge in [0.1, 0.15) is 17.8 Å². The number of anilines is 2. The van der Waals surface area contributed by atoms with Crippen molar-refractivity contribution < 1.29 is 23.5 Å². The molecule has 0 bridgehead atoms. The number of allylic oxidation sites excluding steroid dienone is 1. The molecule has 0 spiro atoms. The van der Waals surface area contributed by atoms with Gasteiger partial charge in [-0.3, -0.25) is 24.5 Å². The maximum absolute atomic E-state index is 15.7. The van der Waals surface area contributed by atoms with Crippen LogP contribution in [0.25, 0.3) is 0 Å². The van der Waals surface area contributed by atoms with Crippen molar-refractivity contribution in [3.8, 4) is 0 Å². The van der Waals surface area contributed by atoms with Crippen LogP contribution in [-0.4, -0.2) is 82.4 Å². The number of carbonyl (C=O) groups is 2. The Morgan fingerprint density at radius 2 is 1.82 bits per heavy atom. The highest BCUT2D eigenvalue weighted by atomic mass is 19.1. The van der Waals surface area contributed by atoms with Gasteiger partial charge in [-0.2, -0.15) is 0 Å². The van der Waals surface area contributed by atoms with E-state index < -0.39 is 29.4 Å². The summed E-state index contributed by atoms with van der Waals surface area (Å²) in [4.78, 5) is 43.0. The van der Waals surface area contributed by atoms with Gasteiger partial charge < -0.3 is 14.9 Å². The molecule has 0 saturated carbocycles. The zero-order chi connectivity index (χ0) is 29.7. The molecule has 3 rings (SSSR count). The molecule has 1 aliphatic rings. The highest BCUT2D eigenvalue weighted by Crippen LogP contribution is 2.37. The molecule has 0 radical (unpaired) electrons. The van der Waals surface area contributed by atoms with Crippen LogP contribution in [0.5, 0.6) is 0 Å². The second kappa shape index (κ2) is 12.8. The topological polar surface area (TPSA) is 102 Å². The molecule has 2 amide bonds. The van der Waals surface area contributed by atoms with E-state index in [9.17, 15) is 19.1 Å². The lowest BCUT2D eigenvalue weighted by molar-refractivity contribution is -0.127. The quantitative estimate of drug-likeness (QED) is 0.160. The monoisotopic (exact) mass is 554 g/mol. The fourth-order valence-electron chi connectivity index (χ4n) is 4.92. The van der Waals surface area contributed by atoms with Crippen molar-refractivity contribution in [3.05, 3.63) is 71.7 Å². The molecule has 40 heavy (non-hydrogen) atoms. The summed E-state index contributed by atoms with van der Waals surface area (Å²) in [6.45, 7) is 15.3. The number of hydrogen-bond acceptors (Lipinski definition) is 6. The number of piperazine rings is 1. The summed E-state index contributed by atoms with van der Waals surface area (Å²) in [6.07, 6.45) is 1.73. The first-order valence-electron chi connectivity index (χ1n) is 13.0. The molecular formula is C29H36F2N6O3. The second-order valence-electron chi connectivity index (χ2n) is 9.93. The number of pyridine rings is 2. The summed E-state index contributed by atoms with van der Waals surface area (Å²) in [7, 11) is 1.54. The molecule has 2 atom stereocenters. The van der Waals surface area contributed by atoms with Crippen LogP contribution in [0.4, 0.5) is 20.3 Å². The molecular weight excluding hydrogens is 518 g/mol. The molecule has 1 N–H and O–H groups in total. The van der Waals surface area contributed by atoms with Crippen LogP contribution in [0.3, 0.4) is 0 Å². The van der Waals surface area contributed by atoms with Gasteiger partial charge in [0.2, 0.25) is 12.3 Å². The van der Waals surface area contributed by atoms with Crippen LogP contribution in [0, 0.1) is 12.7 Å². The summed E-state index contributed by atoms with van der Waals surface area (Å²) in [5.41, 5.74) is 1.59. The molecule has 1 saturated heterocycles. The zero-order valence-corrected chi connectivity index (χ0v) is 23.6. The number of aromatic nitrogens is 2. The number of aliphatic hydroxyl groups excluding tert-OH is 1. The maximum Gasteiger partial charge on any atom is 0.246 e. The Morgan fingerprint density at radius 3 is 2.33 bits per heavy atom. The lowest BCUT2D eigenvalue weighted by atomic mass is 9.96. The van der Waals surface area contributed by atoms with E-state index in [1.807, 2.05) is 25.7 Å². The van der Waals surface area contributed by atoms with Crippen molar-refractivity contribution in [2.24, 2.45) is 4.99 Å². The molecule has 3 heterocycles. The van der Waals surface area contributed by atoms with Crippen LogP contribution in [0.2, 0.25) is 0 Å². The van der Waals surface area contributed by atoms with Gasteiger partial charge in [-0.1, -0.05) is 27.0 Å². The SMILES string of the molecule is C=CC(=O)N1CCN(C(=NC)c2cc(F)c(C(C(=C)O)C(C)F)nc2N(C=O)c2c(C)ccnc2C(C)C)CC1. The van der Waals surface area contributed by atoms with E-state index in [1.165, 1.54) is 24.9 Å². The third-order valence-corrected chi connectivity index (χ3v) is 6.89. The van der Waals surface area contributed by atoms with Crippen LogP contribution in [0.1, 0.15) is 55.1 Å². The van der Waals surface area contributed by atoms with Gasteiger partial charge in [-0.25, -0.2) is 13.8 Å². The molecule has 0 aromatic carbocycles. The number of amidine groups is 1. The Labute approximate surface area is 233 Å². The normalized spacial score (nSPS) is 15.6. The maximum atomic E-state index is 15.7. The number of hydrogen-bond donors (Lipinski definition) is 1. The Hall–Kier alpha value is -4.15. The number of aliphatic hydroxyl groups is 1. The third kappa shape index (κ3) is 6.03. The number of aliphatic imine (C=N–C) groups is 1. The molecule has 2 aromatic heterocycles. The van der Waals surface area contributed by atoms with Gasteiger partial charge in [0.25, 0.3) is 0 Å². The van der Waals surface area contributed by atoms with E-state index >= 15 is 4.39 Å². The number of halogens is 2. The largest absolute Gasteiger partial charge is 0.512 e. The zero-order valence-electron chi connectivity index (χ0n) is 23.6. The Bertz CT molecular complexity index is 1320. The number of carbonyl (C=O) groups excluding carboxylic acids is 2. The molecule has 2 unspecified atom stereocenters. The number of nitrogens with zero attached hydrogens (tertiary/aromatic N) is 6. The van der Waals surface area contributed by atoms with E-state index in [0.717, 1.165) is 11.6 Å². The number of amides is 2. The van der Waals surface area contributed by atoms with Crippen LogP contribution >= 0.6 is 0 Å². The van der Waals surface area contributed by atoms with Gasteiger partial charge in [0.05, 0.1) is 34.3 Å². The summed E-state index contributed by atoms with van der Waals surface area (Å²) in [5.74, 6) is -2.87. The average Bonchev–Trinajstić information content (AvgIpc) is 2.91. The highest BCUT2D eigenvalue weighted by molar-refractivity contribution is 6.06. The van der Waals surface area contributed by atoms with E-state index in [1.54, 1.807) is 17.2 Å². The van der Waals surface area contributed by atoms with Crippen molar-refractivity contribution in [2.75, 3.05) is 38.1 Å². The Balaban J connectivity index is 2.27. The molecule has 0 aliphatic carbocycles. The van der Waals surface area contributed by atoms with Crippen LogP contribution < -0.4 is 4.90 Å². The predicted octanol–water partition coefficient (Wildman–Crippen LogP) is 4.56. The Kier molecular flexibility index (Phi) is 9.73. The van der Waals surface area contributed by atoms with Gasteiger partial charge in [0, 0.05) is 39.4 Å². The first-order valence-corrected chi connectivity index (χ1v) is 13.0. The summed E-state index contributed by atoms with van der Waals surface area (Å²) >= 11 is 0. The van der Waals surface area contributed by atoms with Crippen molar-refractivity contribution in [1.82, 2.24) is 19.8 Å². The molecule has 11 heteroatoms. The first kappa shape index (κ1) is 30.4. The summed E-state index contributed by atoms with van der Waals surface area (Å²) in [6, 6.07) is 2.89. The van der Waals surface area contributed by atoms with Crippen molar-refractivity contribution >= 4 is 29.7 Å². The molecule has 1 fully saturated rings. The summed E-state index contributed by atoms with van der Waals surface area (Å²) < 4.78 is 30.3. The lowest BCUT2D eigenvalue weighted by Crippen LogP contribution is -2.50. The highest BCUT2D eigenvalue weighted by Gasteiger charge is 2.33. The number of alkyl halides is 1.